The van der Waals surface area contributed by atoms with Gasteiger partial charge in [0, 0.05) is 44.4 Å². The van der Waals surface area contributed by atoms with Gasteiger partial charge in [-0.05, 0) is 54.5 Å². The van der Waals surface area contributed by atoms with Crippen LogP contribution in [0, 0.1) is 5.92 Å². The number of halogens is 1. The predicted molar refractivity (Wildman–Crippen MR) is 157 cm³/mol. The number of nitrogens with one attached hydrogen (secondary N) is 1. The summed E-state index contributed by atoms with van der Waals surface area (Å²) in [6.07, 6.45) is 3.43. The predicted octanol–water partition coefficient (Wildman–Crippen LogP) is 6.67. The van der Waals surface area contributed by atoms with Crippen LogP contribution in [0.2, 0.25) is 0 Å². The number of esters is 1. The highest BCUT2D eigenvalue weighted by Gasteiger charge is 2.35. The first-order chi connectivity index (χ1) is 18.1. The third-order valence-electron chi connectivity index (χ3n) is 7.57. The summed E-state index contributed by atoms with van der Waals surface area (Å²) in [5.74, 6) is 0.752. The van der Waals surface area contributed by atoms with Crippen molar-refractivity contribution in [2.75, 3.05) is 26.2 Å². The lowest BCUT2D eigenvalue weighted by Gasteiger charge is -2.23. The van der Waals surface area contributed by atoms with Gasteiger partial charge in [-0.2, -0.15) is 0 Å². The van der Waals surface area contributed by atoms with Crippen LogP contribution >= 0.6 is 12.4 Å². The summed E-state index contributed by atoms with van der Waals surface area (Å²) in [6, 6.07) is 25.9. The van der Waals surface area contributed by atoms with E-state index in [1.807, 2.05) is 13.0 Å². The van der Waals surface area contributed by atoms with E-state index in [2.05, 4.69) is 83.9 Å². The lowest BCUT2D eigenvalue weighted by molar-refractivity contribution is -0.143. The van der Waals surface area contributed by atoms with Crippen LogP contribution in [0.25, 0.3) is 10.8 Å². The van der Waals surface area contributed by atoms with Crippen LogP contribution < -0.4 is 5.32 Å². The molecule has 4 rings (SSSR count). The van der Waals surface area contributed by atoms with E-state index < -0.39 is 0 Å². The van der Waals surface area contributed by atoms with Crippen molar-refractivity contribution in [3.8, 4) is 0 Å². The van der Waals surface area contributed by atoms with Crippen molar-refractivity contribution in [2.45, 2.75) is 57.9 Å². The highest BCUT2D eigenvalue weighted by atomic mass is 35.5. The Kier molecular flexibility index (Phi) is 11.6. The second-order valence-electron chi connectivity index (χ2n) is 10.1. The lowest BCUT2D eigenvalue weighted by Crippen LogP contribution is -2.31. The Bertz CT molecular complexity index is 1160. The molecule has 0 bridgehead atoms. The molecule has 38 heavy (non-hydrogen) atoms. The Morgan fingerprint density at radius 2 is 1.63 bits per heavy atom. The lowest BCUT2D eigenvalue weighted by atomic mass is 9.88. The standard InChI is InChI=1S/C32H40N2O3.ClH/c1-3-37-32(36)20-9-5-8-19-31(35)34-22-27(30(23-34)26-13-6-4-7-14-26)21-33-24(2)28-18-12-16-25-15-10-11-17-29(25)28;/h4,6-7,10-18,24,27,30,33H,3,5,8-9,19-23H2,1-2H3;1H/t24-,27+,30-;/m1./s1. The number of likely N-dealkylation sites (tertiary alicyclic amines) is 1. The van der Waals surface area contributed by atoms with Gasteiger partial charge in [0.2, 0.25) is 5.91 Å². The zero-order chi connectivity index (χ0) is 26.0. The van der Waals surface area contributed by atoms with Crippen LogP contribution in [-0.2, 0) is 14.3 Å². The molecule has 1 fully saturated rings. The minimum absolute atomic E-state index is 0. The van der Waals surface area contributed by atoms with Crippen LogP contribution in [0.5, 0.6) is 0 Å². The van der Waals surface area contributed by atoms with Gasteiger partial charge in [0.05, 0.1) is 6.61 Å². The van der Waals surface area contributed by atoms with E-state index in [9.17, 15) is 9.59 Å². The molecule has 1 heterocycles. The molecular weight excluding hydrogens is 496 g/mol. The highest BCUT2D eigenvalue weighted by Crippen LogP contribution is 2.34. The third kappa shape index (κ3) is 7.81. The topological polar surface area (TPSA) is 58.6 Å². The molecule has 1 aliphatic heterocycles. The molecule has 1 N–H and O–H groups in total. The molecule has 3 aromatic rings. The van der Waals surface area contributed by atoms with Gasteiger partial charge in [-0.25, -0.2) is 0 Å². The molecule has 204 valence electrons. The van der Waals surface area contributed by atoms with E-state index in [1.165, 1.54) is 21.9 Å². The Hall–Kier alpha value is -2.89. The van der Waals surface area contributed by atoms with E-state index >= 15 is 0 Å². The Morgan fingerprint density at radius 1 is 0.921 bits per heavy atom. The molecule has 5 nitrogen and oxygen atoms in total. The normalized spacial score (nSPS) is 17.7. The third-order valence-corrected chi connectivity index (χ3v) is 7.57. The number of benzene rings is 3. The van der Waals surface area contributed by atoms with Crippen molar-refractivity contribution in [1.82, 2.24) is 10.2 Å². The number of nitrogens with zero attached hydrogens (tertiary/aromatic N) is 1. The van der Waals surface area contributed by atoms with Gasteiger partial charge in [0.1, 0.15) is 0 Å². The maximum absolute atomic E-state index is 13.1. The number of amides is 1. The van der Waals surface area contributed by atoms with E-state index in [-0.39, 0.29) is 30.3 Å². The smallest absolute Gasteiger partial charge is 0.305 e. The van der Waals surface area contributed by atoms with Gasteiger partial charge in [-0.1, -0.05) is 79.2 Å². The van der Waals surface area contributed by atoms with Crippen LogP contribution in [0.15, 0.2) is 72.8 Å². The van der Waals surface area contributed by atoms with Crippen LogP contribution in [0.3, 0.4) is 0 Å². The van der Waals surface area contributed by atoms with E-state index in [0.717, 1.165) is 38.9 Å². The van der Waals surface area contributed by atoms with Gasteiger partial charge in [0.25, 0.3) is 0 Å². The second kappa shape index (κ2) is 14.9. The van der Waals surface area contributed by atoms with E-state index in [0.29, 0.717) is 31.3 Å². The summed E-state index contributed by atoms with van der Waals surface area (Å²) in [4.78, 5) is 26.7. The van der Waals surface area contributed by atoms with Crippen molar-refractivity contribution in [1.29, 1.82) is 0 Å². The fourth-order valence-corrected chi connectivity index (χ4v) is 5.54. The molecule has 1 saturated heterocycles. The minimum atomic E-state index is -0.146. The number of carbonyl (C=O) groups is 2. The number of hydrogen-bond donors (Lipinski definition) is 1. The molecule has 0 aliphatic carbocycles. The summed E-state index contributed by atoms with van der Waals surface area (Å²) in [6.45, 7) is 6.87. The summed E-state index contributed by atoms with van der Waals surface area (Å²) in [7, 11) is 0. The van der Waals surface area contributed by atoms with Crippen molar-refractivity contribution < 1.29 is 14.3 Å². The molecule has 6 heteroatoms. The maximum Gasteiger partial charge on any atom is 0.305 e. The van der Waals surface area contributed by atoms with Gasteiger partial charge < -0.3 is 15.0 Å². The van der Waals surface area contributed by atoms with Gasteiger partial charge in [-0.3, -0.25) is 9.59 Å². The average molecular weight is 537 g/mol. The van der Waals surface area contributed by atoms with Crippen molar-refractivity contribution in [3.63, 3.8) is 0 Å². The average Bonchev–Trinajstić information content (AvgIpc) is 3.36. The summed E-state index contributed by atoms with van der Waals surface area (Å²) < 4.78 is 4.99. The first-order valence-electron chi connectivity index (χ1n) is 13.8. The van der Waals surface area contributed by atoms with Gasteiger partial charge in [0.15, 0.2) is 0 Å². The summed E-state index contributed by atoms with van der Waals surface area (Å²) in [5.41, 5.74) is 2.61. The Morgan fingerprint density at radius 3 is 2.42 bits per heavy atom. The molecule has 1 aliphatic rings. The van der Waals surface area contributed by atoms with Crippen LogP contribution in [-0.4, -0.2) is 43.0 Å². The van der Waals surface area contributed by atoms with Crippen LogP contribution in [0.4, 0.5) is 0 Å². The van der Waals surface area contributed by atoms with Gasteiger partial charge >= 0.3 is 5.97 Å². The fourth-order valence-electron chi connectivity index (χ4n) is 5.54. The number of rotatable bonds is 12. The van der Waals surface area contributed by atoms with Gasteiger partial charge in [-0.15, -0.1) is 12.4 Å². The van der Waals surface area contributed by atoms with E-state index in [4.69, 9.17) is 4.74 Å². The number of hydrogen-bond acceptors (Lipinski definition) is 4. The van der Waals surface area contributed by atoms with Crippen molar-refractivity contribution in [2.24, 2.45) is 5.92 Å². The molecule has 0 spiro atoms. The number of ether oxygens (including phenoxy) is 1. The SMILES string of the molecule is CCOC(=O)CCCCCC(=O)N1C[C@H](CN[C@H](C)c2cccc3ccccc23)[C@@H](c2ccccc2)C1.Cl. The quantitative estimate of drug-likeness (QED) is 0.207. The number of carbonyl (C=O) groups excluding carboxylic acids is 2. The van der Waals surface area contributed by atoms with E-state index in [1.54, 1.807) is 0 Å². The number of fused-ring (bicyclic) bond motifs is 1. The maximum atomic E-state index is 13.1. The molecule has 0 unspecified atom stereocenters. The summed E-state index contributed by atoms with van der Waals surface area (Å²) in [5, 5.41) is 6.34. The molecular formula is C32H41ClN2O3. The Balaban J connectivity index is 0.00000400. The largest absolute Gasteiger partial charge is 0.466 e. The molecule has 0 saturated carbocycles. The monoisotopic (exact) mass is 536 g/mol. The molecule has 0 radical (unpaired) electrons. The first-order valence-corrected chi connectivity index (χ1v) is 13.8. The molecule has 0 aromatic heterocycles. The Labute approximate surface area is 233 Å². The highest BCUT2D eigenvalue weighted by molar-refractivity contribution is 5.86. The molecule has 1 amide bonds. The van der Waals surface area contributed by atoms with Crippen LogP contribution in [0.1, 0.15) is 69.0 Å². The van der Waals surface area contributed by atoms with Crippen molar-refractivity contribution >= 4 is 35.1 Å². The summed E-state index contributed by atoms with van der Waals surface area (Å²) >= 11 is 0. The minimum Gasteiger partial charge on any atom is -0.466 e. The van der Waals surface area contributed by atoms with Crippen molar-refractivity contribution in [3.05, 3.63) is 83.9 Å². The second-order valence-corrected chi connectivity index (χ2v) is 10.1. The first kappa shape index (κ1) is 29.7. The molecule has 3 atom stereocenters. The molecule has 3 aromatic carbocycles. The number of unbranched alkanes of at least 4 members (excludes halogenated alkanes) is 2. The zero-order valence-corrected chi connectivity index (χ0v) is 23.4. The fraction of sp³-hybridized carbons (Fsp3) is 0.438. The zero-order valence-electron chi connectivity index (χ0n) is 22.6.